The fourth-order valence-electron chi connectivity index (χ4n) is 1.19. The van der Waals surface area contributed by atoms with Crippen LogP contribution in [0.4, 0.5) is 22.0 Å². The van der Waals surface area contributed by atoms with E-state index in [2.05, 4.69) is 4.98 Å². The van der Waals surface area contributed by atoms with Crippen molar-refractivity contribution in [2.45, 2.75) is 18.5 Å². The Morgan fingerprint density at radius 2 is 1.69 bits per heavy atom. The highest BCUT2D eigenvalue weighted by molar-refractivity contribution is 5.75. The van der Waals surface area contributed by atoms with Crippen LogP contribution < -0.4 is 0 Å². The third kappa shape index (κ3) is 1.79. The van der Waals surface area contributed by atoms with Crippen molar-refractivity contribution in [3.05, 3.63) is 35.7 Å². The number of hydrogen-bond acceptors (Lipinski definition) is 1. The van der Waals surface area contributed by atoms with Crippen LogP contribution in [0, 0.1) is 0 Å². The summed E-state index contributed by atoms with van der Waals surface area (Å²) in [5.74, 6) is -4.85. The molecule has 2 rings (SSSR count). The fourth-order valence-corrected chi connectivity index (χ4v) is 1.19. The van der Waals surface area contributed by atoms with Crippen LogP contribution in [0.25, 0.3) is 5.57 Å². The van der Waals surface area contributed by atoms with E-state index in [-0.39, 0.29) is 0 Å². The van der Waals surface area contributed by atoms with Gasteiger partial charge < -0.3 is 0 Å². The molecule has 0 aromatic carbocycles. The van der Waals surface area contributed by atoms with Crippen molar-refractivity contribution in [1.82, 2.24) is 4.98 Å². The van der Waals surface area contributed by atoms with E-state index in [0.717, 1.165) is 11.6 Å². The number of aromatic nitrogens is 1. The van der Waals surface area contributed by atoms with Gasteiger partial charge in [-0.15, -0.1) is 0 Å². The first-order chi connectivity index (χ1) is 7.32. The smallest absolute Gasteiger partial charge is 0.256 e. The van der Waals surface area contributed by atoms with Gasteiger partial charge in [0.2, 0.25) is 0 Å². The van der Waals surface area contributed by atoms with Crippen molar-refractivity contribution in [2.75, 3.05) is 0 Å². The number of halogens is 5. The number of hydrogen-bond donors (Lipinski definition) is 0. The molecule has 1 aliphatic rings. The summed E-state index contributed by atoms with van der Waals surface area (Å²) in [6.45, 7) is 0. The van der Waals surface area contributed by atoms with Gasteiger partial charge in [-0.3, -0.25) is 4.98 Å². The zero-order valence-corrected chi connectivity index (χ0v) is 7.85. The minimum atomic E-state index is -5.59. The van der Waals surface area contributed by atoms with Gasteiger partial charge in [-0.25, -0.2) is 0 Å². The van der Waals surface area contributed by atoms with E-state index in [0.29, 0.717) is 18.3 Å². The minimum Gasteiger partial charge on any atom is -0.256 e. The van der Waals surface area contributed by atoms with Crippen LogP contribution in [0.2, 0.25) is 0 Å². The Morgan fingerprint density at radius 1 is 1.06 bits per heavy atom. The Balaban J connectivity index is 2.30. The standard InChI is InChI=1S/C10H6F5N/c11-9(12,10(13,14)15)7-3-4-8(16-5-7)6-1-2-6/h1,3-5H,2H2. The van der Waals surface area contributed by atoms with Crippen molar-refractivity contribution < 1.29 is 22.0 Å². The second-order valence-corrected chi connectivity index (χ2v) is 3.44. The summed E-state index contributed by atoms with van der Waals surface area (Å²) in [7, 11) is 0. The van der Waals surface area contributed by atoms with Crippen LogP contribution in [0.5, 0.6) is 0 Å². The third-order valence-electron chi connectivity index (χ3n) is 2.22. The number of allylic oxidation sites excluding steroid dienone is 2. The molecule has 86 valence electrons. The van der Waals surface area contributed by atoms with Gasteiger partial charge in [-0.1, -0.05) is 6.08 Å². The molecule has 6 heteroatoms. The van der Waals surface area contributed by atoms with Gasteiger partial charge >= 0.3 is 12.1 Å². The topological polar surface area (TPSA) is 12.9 Å². The largest absolute Gasteiger partial charge is 0.458 e. The van der Waals surface area contributed by atoms with Gasteiger partial charge in [0.15, 0.2) is 0 Å². The summed E-state index contributed by atoms with van der Waals surface area (Å²) < 4.78 is 61.7. The highest BCUT2D eigenvalue weighted by Gasteiger charge is 2.58. The van der Waals surface area contributed by atoms with Crippen molar-refractivity contribution in [1.29, 1.82) is 0 Å². The van der Waals surface area contributed by atoms with Crippen LogP contribution >= 0.6 is 0 Å². The normalized spacial score (nSPS) is 15.9. The molecule has 0 N–H and O–H groups in total. The Labute approximate surface area is 87.6 Å². The molecule has 1 aliphatic carbocycles. The predicted molar refractivity (Wildman–Crippen MR) is 46.8 cm³/mol. The van der Waals surface area contributed by atoms with E-state index in [1.165, 1.54) is 6.07 Å². The summed E-state index contributed by atoms with van der Waals surface area (Å²) in [6.07, 6.45) is -2.50. The predicted octanol–water partition coefficient (Wildman–Crippen LogP) is 3.52. The maximum atomic E-state index is 12.8. The van der Waals surface area contributed by atoms with E-state index in [1.54, 1.807) is 0 Å². The summed E-state index contributed by atoms with van der Waals surface area (Å²) in [5.41, 5.74) is 0.175. The maximum Gasteiger partial charge on any atom is 0.458 e. The first-order valence-corrected chi connectivity index (χ1v) is 4.43. The van der Waals surface area contributed by atoms with Crippen LogP contribution in [-0.2, 0) is 5.92 Å². The number of rotatable bonds is 2. The van der Waals surface area contributed by atoms with Gasteiger partial charge in [-0.05, 0) is 24.1 Å². The quantitative estimate of drug-likeness (QED) is 0.714. The number of pyridine rings is 1. The Hall–Kier alpha value is -1.46. The zero-order chi connectivity index (χ0) is 12.0. The molecule has 16 heavy (non-hydrogen) atoms. The monoisotopic (exact) mass is 235 g/mol. The van der Waals surface area contributed by atoms with Crippen LogP contribution in [0.3, 0.4) is 0 Å². The van der Waals surface area contributed by atoms with Crippen molar-refractivity contribution in [2.24, 2.45) is 0 Å². The average Bonchev–Trinajstić information content (AvgIpc) is 2.99. The van der Waals surface area contributed by atoms with E-state index >= 15 is 0 Å². The molecule has 1 aromatic heterocycles. The molecule has 1 aromatic rings. The molecular formula is C10H6F5N. The molecule has 0 radical (unpaired) electrons. The second-order valence-electron chi connectivity index (χ2n) is 3.44. The van der Waals surface area contributed by atoms with E-state index in [4.69, 9.17) is 0 Å². The van der Waals surface area contributed by atoms with Gasteiger partial charge in [0, 0.05) is 11.8 Å². The summed E-state index contributed by atoms with van der Waals surface area (Å²) in [5, 5.41) is 0. The van der Waals surface area contributed by atoms with Crippen LogP contribution in [-0.4, -0.2) is 11.2 Å². The van der Waals surface area contributed by atoms with Gasteiger partial charge in [0.1, 0.15) is 0 Å². The first kappa shape index (κ1) is 11.0. The van der Waals surface area contributed by atoms with Gasteiger partial charge in [-0.2, -0.15) is 22.0 Å². The first-order valence-electron chi connectivity index (χ1n) is 4.43. The molecule has 0 unspecified atom stereocenters. The summed E-state index contributed by atoms with van der Waals surface area (Å²) >= 11 is 0. The molecule has 0 fully saturated rings. The molecule has 0 atom stereocenters. The van der Waals surface area contributed by atoms with Crippen molar-refractivity contribution in [3.8, 4) is 0 Å². The third-order valence-corrected chi connectivity index (χ3v) is 2.22. The highest BCUT2D eigenvalue weighted by atomic mass is 19.4. The fraction of sp³-hybridized carbons (Fsp3) is 0.300. The molecule has 0 amide bonds. The molecule has 0 saturated carbocycles. The zero-order valence-electron chi connectivity index (χ0n) is 7.85. The average molecular weight is 235 g/mol. The number of nitrogens with zero attached hydrogens (tertiary/aromatic N) is 1. The molecule has 0 aliphatic heterocycles. The van der Waals surface area contributed by atoms with Crippen molar-refractivity contribution >= 4 is 5.57 Å². The number of alkyl halides is 5. The Kier molecular flexibility index (Phi) is 2.25. The lowest BCUT2D eigenvalue weighted by atomic mass is 10.1. The van der Waals surface area contributed by atoms with Crippen LogP contribution in [0.1, 0.15) is 17.7 Å². The SMILES string of the molecule is FC(F)(F)C(F)(F)c1ccc(C2=CC2)nc1. The van der Waals surface area contributed by atoms with Crippen LogP contribution in [0.15, 0.2) is 24.4 Å². The van der Waals surface area contributed by atoms with Gasteiger partial charge in [0.05, 0.1) is 5.69 Å². The minimum absolute atomic E-state index is 0.446. The highest BCUT2D eigenvalue weighted by Crippen LogP contribution is 2.43. The maximum absolute atomic E-state index is 12.8. The Morgan fingerprint density at radius 3 is 2.06 bits per heavy atom. The lowest BCUT2D eigenvalue weighted by molar-refractivity contribution is -0.289. The molecule has 0 saturated heterocycles. The van der Waals surface area contributed by atoms with Gasteiger partial charge in [0.25, 0.3) is 0 Å². The summed E-state index contributed by atoms with van der Waals surface area (Å²) in [6, 6.07) is 1.93. The molecule has 0 spiro atoms. The molecule has 1 heterocycles. The Bertz CT molecular complexity index is 430. The second kappa shape index (κ2) is 3.26. The summed E-state index contributed by atoms with van der Waals surface area (Å²) in [4.78, 5) is 3.57. The van der Waals surface area contributed by atoms with E-state index < -0.39 is 17.7 Å². The lowest BCUT2D eigenvalue weighted by Crippen LogP contribution is -2.33. The van der Waals surface area contributed by atoms with E-state index in [1.807, 2.05) is 6.08 Å². The van der Waals surface area contributed by atoms with E-state index in [9.17, 15) is 22.0 Å². The molecule has 1 nitrogen and oxygen atoms in total. The lowest BCUT2D eigenvalue weighted by Gasteiger charge is -2.19. The molecule has 0 bridgehead atoms. The van der Waals surface area contributed by atoms with Crippen molar-refractivity contribution in [3.63, 3.8) is 0 Å². The molecular weight excluding hydrogens is 229 g/mol.